The summed E-state index contributed by atoms with van der Waals surface area (Å²) in [5, 5.41) is 9.28. The number of amides is 1. The molecule has 0 aliphatic heterocycles. The van der Waals surface area contributed by atoms with Crippen molar-refractivity contribution >= 4 is 5.91 Å². The van der Waals surface area contributed by atoms with Crippen molar-refractivity contribution in [2.45, 2.75) is 12.7 Å². The van der Waals surface area contributed by atoms with Crippen molar-refractivity contribution < 1.29 is 27.1 Å². The van der Waals surface area contributed by atoms with Crippen LogP contribution in [0.3, 0.4) is 0 Å². The zero-order valence-corrected chi connectivity index (χ0v) is 14.4. The largest absolute Gasteiger partial charge is 0.484 e. The summed E-state index contributed by atoms with van der Waals surface area (Å²) in [4.78, 5) is 12.4. The molecule has 1 amide bonds. The molecule has 2 N–H and O–H groups in total. The Bertz CT molecular complexity index is 935. The monoisotopic (exact) mass is 393 g/mol. The van der Waals surface area contributed by atoms with Gasteiger partial charge >= 0.3 is 6.18 Å². The average molecular weight is 393 g/mol. The topological polar surface area (TPSA) is 67.0 Å². The second kappa shape index (κ2) is 8.12. The lowest BCUT2D eigenvalue weighted by Crippen LogP contribution is -2.23. The first-order valence-electron chi connectivity index (χ1n) is 8.18. The van der Waals surface area contributed by atoms with Gasteiger partial charge in [-0.25, -0.2) is 4.39 Å². The van der Waals surface area contributed by atoms with Crippen molar-refractivity contribution in [3.63, 3.8) is 0 Å². The number of alkyl halides is 3. The summed E-state index contributed by atoms with van der Waals surface area (Å²) in [6, 6.07) is 11.5. The number of hydrogen-bond acceptors (Lipinski definition) is 3. The molecule has 3 aromatic rings. The summed E-state index contributed by atoms with van der Waals surface area (Å²) in [6.07, 6.45) is -3.04. The highest BCUT2D eigenvalue weighted by Crippen LogP contribution is 2.22. The lowest BCUT2D eigenvalue weighted by molar-refractivity contribution is -0.153. The van der Waals surface area contributed by atoms with Crippen LogP contribution >= 0.6 is 0 Å². The van der Waals surface area contributed by atoms with Gasteiger partial charge in [0.05, 0.1) is 17.5 Å². The molecule has 2 aromatic carbocycles. The normalized spacial score (nSPS) is 11.3. The summed E-state index contributed by atoms with van der Waals surface area (Å²) >= 11 is 0. The zero-order chi connectivity index (χ0) is 20.1. The molecular formula is C19H15F4N3O2. The molecule has 9 heteroatoms. The van der Waals surface area contributed by atoms with Crippen molar-refractivity contribution in [3.05, 3.63) is 71.7 Å². The van der Waals surface area contributed by atoms with Gasteiger partial charge in [-0.05, 0) is 42.0 Å². The molecule has 0 aliphatic rings. The number of H-pyrrole nitrogens is 1. The van der Waals surface area contributed by atoms with Crippen molar-refractivity contribution in [3.8, 4) is 17.0 Å². The summed E-state index contributed by atoms with van der Waals surface area (Å²) in [5.74, 6) is -0.705. The molecule has 0 fully saturated rings. The molecule has 28 heavy (non-hydrogen) atoms. The maximum atomic E-state index is 13.1. The van der Waals surface area contributed by atoms with E-state index < -0.39 is 24.5 Å². The lowest BCUT2D eigenvalue weighted by atomic mass is 10.1. The Balaban J connectivity index is 1.60. The lowest BCUT2D eigenvalue weighted by Gasteiger charge is -2.10. The van der Waals surface area contributed by atoms with Gasteiger partial charge in [0.1, 0.15) is 11.6 Å². The summed E-state index contributed by atoms with van der Waals surface area (Å²) in [6.45, 7) is -1.21. The predicted molar refractivity (Wildman–Crippen MR) is 93.1 cm³/mol. The van der Waals surface area contributed by atoms with E-state index in [9.17, 15) is 22.4 Å². The molecule has 0 aliphatic carbocycles. The van der Waals surface area contributed by atoms with E-state index in [1.807, 2.05) is 0 Å². The van der Waals surface area contributed by atoms with Crippen LogP contribution in [0.4, 0.5) is 17.6 Å². The highest BCUT2D eigenvalue weighted by atomic mass is 19.4. The van der Waals surface area contributed by atoms with Crippen LogP contribution < -0.4 is 10.1 Å². The minimum Gasteiger partial charge on any atom is -0.484 e. The summed E-state index contributed by atoms with van der Waals surface area (Å²) in [7, 11) is 0. The number of aromatic amines is 1. The molecule has 0 saturated heterocycles. The van der Waals surface area contributed by atoms with Crippen LogP contribution in [0, 0.1) is 5.82 Å². The second-order valence-electron chi connectivity index (χ2n) is 5.90. The fourth-order valence-electron chi connectivity index (χ4n) is 2.44. The first kappa shape index (κ1) is 19.4. The number of ether oxygens (including phenoxy) is 1. The van der Waals surface area contributed by atoms with Crippen LogP contribution in [0.25, 0.3) is 11.3 Å². The Hall–Kier alpha value is -3.36. The molecule has 3 rings (SSSR count). The third-order valence-electron chi connectivity index (χ3n) is 3.80. The number of nitrogens with one attached hydrogen (secondary N) is 2. The van der Waals surface area contributed by atoms with Crippen molar-refractivity contribution in [2.24, 2.45) is 0 Å². The van der Waals surface area contributed by atoms with Gasteiger partial charge in [-0.15, -0.1) is 0 Å². The number of halogens is 4. The van der Waals surface area contributed by atoms with Gasteiger partial charge in [0.2, 0.25) is 0 Å². The molecule has 0 radical (unpaired) electrons. The standard InChI is InChI=1S/C19H15F4N3O2/c20-14-5-3-13(4-6-14)17-16(10-25-26-17)18(27)24-9-12-1-7-15(8-2-12)28-11-19(21,22)23/h1-8,10H,9,11H2,(H,24,27)(H,25,26). The third kappa shape index (κ3) is 5.09. The van der Waals surface area contributed by atoms with E-state index in [2.05, 4.69) is 20.3 Å². The molecule has 0 bridgehead atoms. The van der Waals surface area contributed by atoms with Gasteiger partial charge in [0, 0.05) is 12.1 Å². The van der Waals surface area contributed by atoms with Gasteiger partial charge in [-0.1, -0.05) is 12.1 Å². The Morgan fingerprint density at radius 3 is 2.39 bits per heavy atom. The minimum atomic E-state index is -4.40. The molecule has 0 atom stereocenters. The molecule has 146 valence electrons. The number of benzene rings is 2. The van der Waals surface area contributed by atoms with Crippen LogP contribution in [-0.2, 0) is 6.54 Å². The molecule has 5 nitrogen and oxygen atoms in total. The van der Waals surface area contributed by atoms with Gasteiger partial charge in [-0.2, -0.15) is 18.3 Å². The van der Waals surface area contributed by atoms with Gasteiger partial charge in [0.25, 0.3) is 5.91 Å². The Kier molecular flexibility index (Phi) is 5.62. The van der Waals surface area contributed by atoms with Crippen molar-refractivity contribution in [2.75, 3.05) is 6.61 Å². The molecule has 1 aromatic heterocycles. The number of hydrogen-bond donors (Lipinski definition) is 2. The first-order valence-corrected chi connectivity index (χ1v) is 8.18. The molecule has 0 spiro atoms. The van der Waals surface area contributed by atoms with E-state index >= 15 is 0 Å². The summed E-state index contributed by atoms with van der Waals surface area (Å²) < 4.78 is 54.1. The molecule has 0 unspecified atom stereocenters. The summed E-state index contributed by atoms with van der Waals surface area (Å²) in [5.41, 5.74) is 2.03. The van der Waals surface area contributed by atoms with E-state index in [0.29, 0.717) is 16.8 Å². The number of carbonyl (C=O) groups is 1. The van der Waals surface area contributed by atoms with Gasteiger partial charge < -0.3 is 10.1 Å². The third-order valence-corrected chi connectivity index (χ3v) is 3.80. The fourth-order valence-corrected chi connectivity index (χ4v) is 2.44. The highest BCUT2D eigenvalue weighted by molar-refractivity contribution is 5.99. The van der Waals surface area contributed by atoms with Crippen LogP contribution in [0.2, 0.25) is 0 Å². The number of rotatable bonds is 6. The van der Waals surface area contributed by atoms with Gasteiger partial charge in [-0.3, -0.25) is 9.89 Å². The number of carbonyl (C=O) groups excluding carboxylic acids is 1. The molecule has 1 heterocycles. The van der Waals surface area contributed by atoms with E-state index in [4.69, 9.17) is 0 Å². The predicted octanol–water partition coefficient (Wildman–Crippen LogP) is 4.09. The quantitative estimate of drug-likeness (QED) is 0.620. The minimum absolute atomic E-state index is 0.0841. The maximum absolute atomic E-state index is 13.1. The van der Waals surface area contributed by atoms with Crippen molar-refractivity contribution in [1.29, 1.82) is 0 Å². The maximum Gasteiger partial charge on any atom is 0.422 e. The van der Waals surface area contributed by atoms with Gasteiger partial charge in [0.15, 0.2) is 6.61 Å². The van der Waals surface area contributed by atoms with E-state index in [1.165, 1.54) is 42.6 Å². The van der Waals surface area contributed by atoms with Crippen LogP contribution in [0.1, 0.15) is 15.9 Å². The Morgan fingerprint density at radius 1 is 1.07 bits per heavy atom. The highest BCUT2D eigenvalue weighted by Gasteiger charge is 2.28. The second-order valence-corrected chi connectivity index (χ2v) is 5.90. The van der Waals surface area contributed by atoms with E-state index in [-0.39, 0.29) is 17.9 Å². The van der Waals surface area contributed by atoms with E-state index in [1.54, 1.807) is 12.1 Å². The number of aromatic nitrogens is 2. The first-order chi connectivity index (χ1) is 13.3. The fraction of sp³-hybridized carbons (Fsp3) is 0.158. The Labute approximate surface area is 157 Å². The number of nitrogens with zero attached hydrogens (tertiary/aromatic N) is 1. The zero-order valence-electron chi connectivity index (χ0n) is 14.4. The molecular weight excluding hydrogens is 378 g/mol. The smallest absolute Gasteiger partial charge is 0.422 e. The molecule has 0 saturated carbocycles. The SMILES string of the molecule is O=C(NCc1ccc(OCC(F)(F)F)cc1)c1cn[nH]c1-c1ccc(F)cc1. The Morgan fingerprint density at radius 2 is 1.75 bits per heavy atom. The van der Waals surface area contributed by atoms with E-state index in [0.717, 1.165) is 0 Å². The van der Waals surface area contributed by atoms with Crippen LogP contribution in [0.5, 0.6) is 5.75 Å². The van der Waals surface area contributed by atoms with Crippen LogP contribution in [-0.4, -0.2) is 28.9 Å². The van der Waals surface area contributed by atoms with Crippen LogP contribution in [0.15, 0.2) is 54.7 Å². The average Bonchev–Trinajstić information content (AvgIpc) is 3.15. The van der Waals surface area contributed by atoms with Crippen molar-refractivity contribution in [1.82, 2.24) is 15.5 Å².